The molecule has 11 nitrogen and oxygen atoms in total. The maximum Gasteiger partial charge on any atom is 0.126 e. The van der Waals surface area contributed by atoms with Crippen LogP contribution in [0, 0.1) is 23.9 Å². The summed E-state index contributed by atoms with van der Waals surface area (Å²) < 4.78 is 9.41. The fourth-order valence-electron chi connectivity index (χ4n) is 12.4. The van der Waals surface area contributed by atoms with Crippen molar-refractivity contribution in [3.8, 4) is 5.75 Å². The summed E-state index contributed by atoms with van der Waals surface area (Å²) in [6, 6.07) is 41.8. The maximum atomic E-state index is 6.40. The SMILES string of the molecule is CCCCCCCCCCCOc1ccc(C2=C3C=CC(=N3)C(c3ccc(NCCCCC[N+](C)(C)C)cc3)=C3C=C[C](N3)[C](c3ccc(NCCCCC[N+](C)(C)C)cc3)C3=N[C](C=C3)[C](c3ccc(NCCCCC[N+](C)(C)C)cc3)c3ccc2[nH]3)cc1.[Cl-].[Cl-].[Cl-]. The molecule has 502 valence electrons. The van der Waals surface area contributed by atoms with Crippen molar-refractivity contribution in [3.63, 3.8) is 0 Å². The average Bonchev–Trinajstić information content (AvgIpc) is 1.64. The Balaban J connectivity index is 0.00000457. The Bertz CT molecular complexity index is 3260. The number of aromatic nitrogens is 1. The summed E-state index contributed by atoms with van der Waals surface area (Å²) in [7, 11) is 20.5. The van der Waals surface area contributed by atoms with Gasteiger partial charge in [-0.25, -0.2) is 4.99 Å². The van der Waals surface area contributed by atoms with Gasteiger partial charge in [0.1, 0.15) is 17.8 Å². The molecule has 0 amide bonds. The first-order valence-electron chi connectivity index (χ1n) is 34.3. The lowest BCUT2D eigenvalue weighted by Crippen LogP contribution is -3.00. The van der Waals surface area contributed by atoms with Gasteiger partial charge in [-0.15, -0.1) is 0 Å². The lowest BCUT2D eigenvalue weighted by Gasteiger charge is -2.24. The Morgan fingerprint density at radius 1 is 0.387 bits per heavy atom. The number of hydrogen-bond donors (Lipinski definition) is 5. The molecule has 0 aliphatic carbocycles. The van der Waals surface area contributed by atoms with E-state index in [1.54, 1.807) is 0 Å². The van der Waals surface area contributed by atoms with E-state index in [4.69, 9.17) is 14.7 Å². The highest BCUT2D eigenvalue weighted by atomic mass is 35.5. The molecule has 8 bridgehead atoms. The van der Waals surface area contributed by atoms with Gasteiger partial charge >= 0.3 is 0 Å². The minimum atomic E-state index is 0. The first-order chi connectivity index (χ1) is 43.5. The van der Waals surface area contributed by atoms with Crippen LogP contribution in [0.4, 0.5) is 17.1 Å². The molecule has 0 atom stereocenters. The van der Waals surface area contributed by atoms with E-state index in [9.17, 15) is 0 Å². The largest absolute Gasteiger partial charge is 1.00 e. The van der Waals surface area contributed by atoms with Crippen LogP contribution in [0.5, 0.6) is 5.75 Å². The summed E-state index contributed by atoms with van der Waals surface area (Å²) in [6.45, 7) is 9.40. The van der Waals surface area contributed by atoms with Crippen molar-refractivity contribution in [1.82, 2.24) is 10.3 Å². The number of H-pyrrole nitrogens is 1. The molecule has 4 aliphatic rings. The van der Waals surface area contributed by atoms with Gasteiger partial charge in [0, 0.05) is 64.9 Å². The summed E-state index contributed by atoms with van der Waals surface area (Å²) in [6.07, 6.45) is 35.6. The third-order valence-electron chi connectivity index (χ3n) is 17.4. The number of anilines is 3. The van der Waals surface area contributed by atoms with Crippen LogP contribution in [0.2, 0.25) is 0 Å². The van der Waals surface area contributed by atoms with Crippen molar-refractivity contribution in [3.05, 3.63) is 215 Å². The van der Waals surface area contributed by atoms with Crippen LogP contribution in [0.3, 0.4) is 0 Å². The van der Waals surface area contributed by atoms with Gasteiger partial charge in [0.25, 0.3) is 0 Å². The molecule has 0 saturated carbocycles. The molecule has 9 rings (SSSR count). The zero-order valence-corrected chi connectivity index (χ0v) is 60.1. The third kappa shape index (κ3) is 23.7. The van der Waals surface area contributed by atoms with Gasteiger partial charge in [0.2, 0.25) is 0 Å². The van der Waals surface area contributed by atoms with Crippen LogP contribution in [-0.2, 0) is 0 Å². The van der Waals surface area contributed by atoms with Gasteiger partial charge in [-0.3, -0.25) is 4.99 Å². The molecular formula is C79H109Cl3N10O. The molecule has 4 aliphatic heterocycles. The Hall–Kier alpha value is -6.05. The Morgan fingerprint density at radius 2 is 0.828 bits per heavy atom. The predicted molar refractivity (Wildman–Crippen MR) is 384 cm³/mol. The topological polar surface area (TPSA) is 97.9 Å². The number of halogens is 3. The molecule has 1 aromatic heterocycles. The molecule has 5 heterocycles. The second-order valence-corrected chi connectivity index (χ2v) is 28.4. The second kappa shape index (κ2) is 37.3. The molecule has 0 fully saturated rings. The monoisotopic (exact) mass is 1320 g/mol. The molecule has 93 heavy (non-hydrogen) atoms. The van der Waals surface area contributed by atoms with E-state index in [1.165, 1.54) is 110 Å². The number of benzene rings is 4. The first-order valence-corrected chi connectivity index (χ1v) is 34.3. The number of quaternary nitrogens is 3. The van der Waals surface area contributed by atoms with Crippen LogP contribution in [0.1, 0.15) is 156 Å². The molecule has 4 radical (unpaired) electrons. The normalized spacial score (nSPS) is 15.2. The van der Waals surface area contributed by atoms with Gasteiger partial charge in [-0.1, -0.05) is 119 Å². The van der Waals surface area contributed by atoms with Crippen molar-refractivity contribution in [1.29, 1.82) is 0 Å². The summed E-state index contributed by atoms with van der Waals surface area (Å²) in [5.41, 5.74) is 15.3. The molecule has 0 saturated heterocycles. The van der Waals surface area contributed by atoms with Crippen molar-refractivity contribution >= 4 is 39.6 Å². The highest BCUT2D eigenvalue weighted by Crippen LogP contribution is 2.44. The lowest BCUT2D eigenvalue weighted by molar-refractivity contribution is -0.870. The predicted octanol–water partition coefficient (Wildman–Crippen LogP) is 7.82. The van der Waals surface area contributed by atoms with Gasteiger partial charge in [0.15, 0.2) is 0 Å². The number of fused-ring (bicyclic) bond motifs is 6. The average molecular weight is 1320 g/mol. The number of hydrogen-bond acceptors (Lipinski definition) is 7. The molecule has 14 heteroatoms. The van der Waals surface area contributed by atoms with Gasteiger partial charge in [-0.2, -0.15) is 0 Å². The Kier molecular flexibility index (Phi) is 30.5. The molecule has 5 N–H and O–H groups in total. The van der Waals surface area contributed by atoms with Crippen molar-refractivity contribution < 1.29 is 55.4 Å². The highest BCUT2D eigenvalue weighted by Gasteiger charge is 2.37. The number of allylic oxidation sites excluding steroid dienone is 5. The Morgan fingerprint density at radius 3 is 1.34 bits per heavy atom. The van der Waals surface area contributed by atoms with E-state index in [1.807, 2.05) is 0 Å². The standard InChI is InChI=1S/C79H109N10O.3ClH/c1-11-12-13-14-15-16-17-18-28-59-90-67-43-35-63(36-44-67)79-74-51-49-72(85-74)77(61-31-39-65(40-32-61)81-54-23-20-26-57-88(5,6)7)70-47-45-68(83-70)76(60-29-37-64(38-30-60)80-53-22-19-25-56-87(2,3)4)69-46-48-71(84-69)78(73-50-52-75(79)86-73)62-33-41-66(42-34-62)82-55-24-21-27-58-89(8,9)10;;;/h29-52,80-83,86H,11-28,53-59H2,1-10H3;3*1H/q+3;;;/p-3. The number of aromatic amines is 1. The Labute approximate surface area is 579 Å². The zero-order valence-electron chi connectivity index (χ0n) is 57.8. The molecule has 4 aromatic carbocycles. The minimum absolute atomic E-state index is 0. The van der Waals surface area contributed by atoms with Gasteiger partial charge in [0.05, 0.1) is 119 Å². The van der Waals surface area contributed by atoms with Crippen molar-refractivity contribution in [2.75, 3.05) is 125 Å². The number of unbranched alkanes of at least 4 members (excludes halogenated alkanes) is 14. The fourth-order valence-corrected chi connectivity index (χ4v) is 12.4. The quantitative estimate of drug-likeness (QED) is 0.0208. The van der Waals surface area contributed by atoms with Gasteiger partial charge < -0.3 is 81.7 Å². The van der Waals surface area contributed by atoms with Crippen molar-refractivity contribution in [2.45, 2.75) is 122 Å². The molecule has 5 aromatic rings. The van der Waals surface area contributed by atoms with Crippen molar-refractivity contribution in [2.24, 2.45) is 9.98 Å². The highest BCUT2D eigenvalue weighted by molar-refractivity contribution is 6.32. The van der Waals surface area contributed by atoms with Crippen LogP contribution < -0.4 is 63.2 Å². The summed E-state index contributed by atoms with van der Waals surface area (Å²) in [4.78, 5) is 15.3. The summed E-state index contributed by atoms with van der Waals surface area (Å²) in [5, 5.41) is 15.2. The maximum absolute atomic E-state index is 6.40. The molecular weight excluding hydrogens is 1210 g/mol. The second-order valence-electron chi connectivity index (χ2n) is 28.4. The van der Waals surface area contributed by atoms with E-state index in [2.05, 4.69) is 242 Å². The van der Waals surface area contributed by atoms with Crippen LogP contribution >= 0.6 is 0 Å². The molecule has 0 spiro atoms. The van der Waals surface area contributed by atoms with E-state index in [0.29, 0.717) is 0 Å². The third-order valence-corrected chi connectivity index (χ3v) is 17.4. The van der Waals surface area contributed by atoms with Crippen LogP contribution in [-0.4, -0.2) is 139 Å². The number of ether oxygens (including phenoxy) is 1. The fraction of sp³-hybridized carbons (Fsp3) is 0.443. The van der Waals surface area contributed by atoms with E-state index >= 15 is 0 Å². The summed E-state index contributed by atoms with van der Waals surface area (Å²) >= 11 is 0. The smallest absolute Gasteiger partial charge is 0.126 e. The number of nitrogens with zero attached hydrogens (tertiary/aromatic N) is 5. The van der Waals surface area contributed by atoms with Crippen LogP contribution in [0.25, 0.3) is 11.1 Å². The van der Waals surface area contributed by atoms with Crippen LogP contribution in [0.15, 0.2) is 167 Å². The molecule has 0 unspecified atom stereocenters. The summed E-state index contributed by atoms with van der Waals surface area (Å²) in [5.74, 6) is 2.95. The number of aliphatic imine (C=N–C) groups is 2. The van der Waals surface area contributed by atoms with E-state index in [0.717, 1.165) is 180 Å². The zero-order chi connectivity index (χ0) is 63.4. The number of nitrogens with one attached hydrogen (secondary N) is 5. The van der Waals surface area contributed by atoms with E-state index in [-0.39, 0.29) is 37.2 Å². The lowest BCUT2D eigenvalue weighted by atomic mass is 9.87. The van der Waals surface area contributed by atoms with E-state index < -0.39 is 0 Å². The first kappa shape index (κ1) is 76.0. The number of rotatable bonds is 36. The van der Waals surface area contributed by atoms with Gasteiger partial charge in [-0.05, 0) is 171 Å². The minimum Gasteiger partial charge on any atom is -1.00 e.